The van der Waals surface area contributed by atoms with E-state index in [-0.39, 0.29) is 10.6 Å². The minimum absolute atomic E-state index is 0.0849. The Morgan fingerprint density at radius 3 is 2.37 bits per heavy atom. The van der Waals surface area contributed by atoms with E-state index in [1.165, 1.54) is 37.5 Å². The minimum atomic E-state index is -4.12. The molecule has 188 valence electrons. The number of nitrogens with one attached hydrogen (secondary N) is 3. The molecule has 0 atom stereocenters. The Morgan fingerprint density at radius 1 is 0.914 bits per heavy atom. The molecule has 0 aromatic heterocycles. The molecule has 0 aliphatic carbocycles. The number of hydrogen-bond donors (Lipinski definition) is 3. The Balaban J connectivity index is 2.28. The summed E-state index contributed by atoms with van der Waals surface area (Å²) >= 11 is 0. The quantitative estimate of drug-likeness (QED) is 0.273. The number of anilines is 2. The van der Waals surface area contributed by atoms with Gasteiger partial charge in [-0.3, -0.25) is 9.59 Å². The van der Waals surface area contributed by atoms with Gasteiger partial charge in [0.2, 0.25) is 5.91 Å². The number of carbonyl (C=O) groups excluding carboxylic acids is 2. The van der Waals surface area contributed by atoms with E-state index in [2.05, 4.69) is 36.3 Å². The smallest absolute Gasteiger partial charge is 0.266 e. The molecule has 0 saturated heterocycles. The normalized spacial score (nSPS) is 10.7. The van der Waals surface area contributed by atoms with Gasteiger partial charge in [-0.15, -0.1) is 0 Å². The van der Waals surface area contributed by atoms with Crippen LogP contribution in [0, 0.1) is 11.8 Å². The van der Waals surface area contributed by atoms with Gasteiger partial charge in [0.05, 0.1) is 11.3 Å². The Hall–Kier alpha value is -3.31. The molecule has 0 unspecified atom stereocenters. The van der Waals surface area contributed by atoms with Crippen molar-refractivity contribution in [2.45, 2.75) is 70.6 Å². The van der Waals surface area contributed by atoms with Crippen molar-refractivity contribution in [2.75, 3.05) is 17.2 Å². The van der Waals surface area contributed by atoms with E-state index in [0.29, 0.717) is 17.8 Å². The van der Waals surface area contributed by atoms with Gasteiger partial charge < -0.3 is 10.6 Å². The molecule has 35 heavy (non-hydrogen) atoms. The van der Waals surface area contributed by atoms with Gasteiger partial charge in [0.15, 0.2) is 0 Å². The monoisotopic (exact) mass is 497 g/mol. The van der Waals surface area contributed by atoms with Gasteiger partial charge in [0.25, 0.3) is 15.9 Å². The molecule has 2 amide bonds. The molecule has 0 spiro atoms. The van der Waals surface area contributed by atoms with Gasteiger partial charge in [-0.2, -0.15) is 0 Å². The third-order valence-corrected chi connectivity index (χ3v) is 6.69. The second-order valence-electron chi connectivity index (χ2n) is 8.27. The SMILES string of the molecule is CCCCCCC#Cc1ccc(C(=O)Nc2ccccc2S(=O)(=O)NC(C)=O)c(NCCCC)c1. The van der Waals surface area contributed by atoms with E-state index in [9.17, 15) is 18.0 Å². The highest BCUT2D eigenvalue weighted by atomic mass is 32.2. The Labute approximate surface area is 209 Å². The number of hydrogen-bond acceptors (Lipinski definition) is 5. The van der Waals surface area contributed by atoms with E-state index in [1.54, 1.807) is 18.2 Å². The summed E-state index contributed by atoms with van der Waals surface area (Å²) < 4.78 is 27.0. The summed E-state index contributed by atoms with van der Waals surface area (Å²) in [6.07, 6.45) is 7.42. The maximum absolute atomic E-state index is 13.2. The van der Waals surface area contributed by atoms with Crippen LogP contribution in [0.3, 0.4) is 0 Å². The van der Waals surface area contributed by atoms with Gasteiger partial charge in [-0.1, -0.05) is 63.5 Å². The molecular weight excluding hydrogens is 462 g/mol. The van der Waals surface area contributed by atoms with Crippen LogP contribution in [-0.4, -0.2) is 26.8 Å². The number of amides is 2. The maximum Gasteiger partial charge on any atom is 0.266 e. The lowest BCUT2D eigenvalue weighted by atomic mass is 10.1. The summed E-state index contributed by atoms with van der Waals surface area (Å²) in [5, 5.41) is 5.99. The lowest BCUT2D eigenvalue weighted by molar-refractivity contribution is -0.117. The predicted octanol–water partition coefficient (Wildman–Crippen LogP) is 5.30. The zero-order valence-corrected chi connectivity index (χ0v) is 21.6. The molecule has 0 heterocycles. The molecule has 3 N–H and O–H groups in total. The third-order valence-electron chi connectivity index (χ3n) is 5.20. The second kappa shape index (κ2) is 14.2. The Morgan fingerprint density at radius 2 is 1.66 bits per heavy atom. The van der Waals surface area contributed by atoms with Crippen LogP contribution in [0.4, 0.5) is 11.4 Å². The van der Waals surface area contributed by atoms with Crippen LogP contribution < -0.4 is 15.4 Å². The summed E-state index contributed by atoms with van der Waals surface area (Å²) in [4.78, 5) is 24.3. The first kappa shape index (κ1) is 27.9. The number of sulfonamides is 1. The maximum atomic E-state index is 13.2. The average Bonchev–Trinajstić information content (AvgIpc) is 2.81. The van der Waals surface area contributed by atoms with E-state index in [0.717, 1.165) is 38.2 Å². The van der Waals surface area contributed by atoms with Gasteiger partial charge in [-0.05, 0) is 43.2 Å². The summed E-state index contributed by atoms with van der Waals surface area (Å²) in [6.45, 7) is 6.07. The highest BCUT2D eigenvalue weighted by molar-refractivity contribution is 7.90. The topological polar surface area (TPSA) is 104 Å². The Kier molecular flexibility index (Phi) is 11.3. The van der Waals surface area contributed by atoms with Crippen LogP contribution in [0.25, 0.3) is 0 Å². The number of rotatable bonds is 12. The highest BCUT2D eigenvalue weighted by Gasteiger charge is 2.21. The molecule has 2 rings (SSSR count). The third kappa shape index (κ3) is 9.10. The number of benzene rings is 2. The standard InChI is InChI=1S/C27H35N3O4S/c1-4-6-8-9-10-11-14-22-17-18-23(25(20-22)28-19-7-5-2)27(32)29-24-15-12-13-16-26(24)35(33,34)30-21(3)31/h12-13,15-18,20,28H,4-10,19H2,1-3H3,(H,29,32)(H,30,31). The van der Waals surface area contributed by atoms with Crippen LogP contribution in [0.5, 0.6) is 0 Å². The molecule has 0 saturated carbocycles. The van der Waals surface area contributed by atoms with Crippen molar-refractivity contribution in [3.8, 4) is 11.8 Å². The molecule has 0 fully saturated rings. The molecule has 2 aromatic carbocycles. The zero-order valence-electron chi connectivity index (χ0n) is 20.7. The fourth-order valence-corrected chi connectivity index (χ4v) is 4.56. The van der Waals surface area contributed by atoms with Crippen LogP contribution in [0.1, 0.15) is 81.6 Å². The fourth-order valence-electron chi connectivity index (χ4n) is 3.41. The van der Waals surface area contributed by atoms with Crippen molar-refractivity contribution in [1.29, 1.82) is 0 Å². The van der Waals surface area contributed by atoms with E-state index >= 15 is 0 Å². The first-order valence-corrected chi connectivity index (χ1v) is 13.6. The summed E-state index contributed by atoms with van der Waals surface area (Å²) in [5.74, 6) is 5.20. The molecule has 8 heteroatoms. The van der Waals surface area contributed by atoms with Crippen molar-refractivity contribution < 1.29 is 18.0 Å². The van der Waals surface area contributed by atoms with E-state index in [1.807, 2.05) is 10.8 Å². The average molecular weight is 498 g/mol. The number of carbonyl (C=O) groups is 2. The minimum Gasteiger partial charge on any atom is -0.384 e. The first-order valence-electron chi connectivity index (χ1n) is 12.1. The van der Waals surface area contributed by atoms with Crippen LogP contribution in [0.2, 0.25) is 0 Å². The van der Waals surface area contributed by atoms with Crippen molar-refractivity contribution in [2.24, 2.45) is 0 Å². The molecular formula is C27H35N3O4S. The van der Waals surface area contributed by atoms with Gasteiger partial charge in [0, 0.05) is 31.1 Å². The van der Waals surface area contributed by atoms with Crippen molar-refractivity contribution in [3.63, 3.8) is 0 Å². The summed E-state index contributed by atoms with van der Waals surface area (Å²) in [5.41, 5.74) is 1.91. The van der Waals surface area contributed by atoms with Crippen LogP contribution >= 0.6 is 0 Å². The predicted molar refractivity (Wildman–Crippen MR) is 141 cm³/mol. The van der Waals surface area contributed by atoms with Crippen LogP contribution in [-0.2, 0) is 14.8 Å². The molecule has 0 aliphatic heterocycles. The number of unbranched alkanes of at least 4 members (excludes halogenated alkanes) is 5. The highest BCUT2D eigenvalue weighted by Crippen LogP contribution is 2.24. The molecule has 0 aliphatic rings. The first-order chi connectivity index (χ1) is 16.8. The second-order valence-corrected chi connectivity index (χ2v) is 9.92. The number of para-hydroxylation sites is 1. The van der Waals surface area contributed by atoms with Crippen LogP contribution in [0.15, 0.2) is 47.4 Å². The summed E-state index contributed by atoms with van der Waals surface area (Å²) in [7, 11) is -4.12. The van der Waals surface area contributed by atoms with Gasteiger partial charge >= 0.3 is 0 Å². The van der Waals surface area contributed by atoms with Gasteiger partial charge in [-0.25, -0.2) is 13.1 Å². The van der Waals surface area contributed by atoms with Gasteiger partial charge in [0.1, 0.15) is 4.90 Å². The zero-order chi connectivity index (χ0) is 25.7. The molecule has 0 bridgehead atoms. The molecule has 2 aromatic rings. The van der Waals surface area contributed by atoms with Crippen molar-refractivity contribution in [1.82, 2.24) is 4.72 Å². The largest absolute Gasteiger partial charge is 0.384 e. The van der Waals surface area contributed by atoms with E-state index in [4.69, 9.17) is 0 Å². The Bertz CT molecular complexity index is 1180. The van der Waals surface area contributed by atoms with Crippen molar-refractivity contribution in [3.05, 3.63) is 53.6 Å². The lowest BCUT2D eigenvalue weighted by Crippen LogP contribution is -2.29. The molecule has 7 nitrogen and oxygen atoms in total. The fraction of sp³-hybridized carbons (Fsp3) is 0.407. The summed E-state index contributed by atoms with van der Waals surface area (Å²) in [6, 6.07) is 11.3. The van der Waals surface area contributed by atoms with Crippen molar-refractivity contribution >= 4 is 33.2 Å². The van der Waals surface area contributed by atoms with E-state index < -0.39 is 21.8 Å². The molecule has 0 radical (unpaired) electrons. The lowest BCUT2D eigenvalue weighted by Gasteiger charge is -2.15.